The lowest BCUT2D eigenvalue weighted by molar-refractivity contribution is 0.253. The summed E-state index contributed by atoms with van der Waals surface area (Å²) in [6.07, 6.45) is 1.70. The SMILES string of the molecule is CN(C)CC#CCNC(=O)Nc1cccn(Cc2ccccc2)c1=O. The van der Waals surface area contributed by atoms with Crippen LogP contribution in [-0.2, 0) is 6.54 Å². The highest BCUT2D eigenvalue weighted by Gasteiger charge is 2.07. The van der Waals surface area contributed by atoms with Gasteiger partial charge in [-0.05, 0) is 31.8 Å². The fraction of sp³-hybridized carbons (Fsp3) is 0.263. The Hall–Kier alpha value is -3.04. The molecule has 0 unspecified atom stereocenters. The molecule has 0 saturated heterocycles. The van der Waals surface area contributed by atoms with Crippen LogP contribution in [0.1, 0.15) is 5.56 Å². The number of anilines is 1. The predicted octanol–water partition coefficient (Wildman–Crippen LogP) is 1.58. The van der Waals surface area contributed by atoms with Gasteiger partial charge in [-0.15, -0.1) is 0 Å². The zero-order valence-corrected chi connectivity index (χ0v) is 14.5. The number of carbonyl (C=O) groups is 1. The molecule has 0 aliphatic heterocycles. The first-order valence-electron chi connectivity index (χ1n) is 7.95. The van der Waals surface area contributed by atoms with Gasteiger partial charge < -0.3 is 15.2 Å². The number of aromatic nitrogens is 1. The maximum Gasteiger partial charge on any atom is 0.320 e. The quantitative estimate of drug-likeness (QED) is 0.814. The first kappa shape index (κ1) is 18.3. The molecule has 1 aromatic carbocycles. The lowest BCUT2D eigenvalue weighted by Gasteiger charge is -2.09. The molecule has 1 aromatic heterocycles. The van der Waals surface area contributed by atoms with Crippen LogP contribution < -0.4 is 16.2 Å². The molecule has 0 fully saturated rings. The average molecular weight is 338 g/mol. The minimum Gasteiger partial charge on any atom is -0.327 e. The van der Waals surface area contributed by atoms with Crippen LogP contribution in [0.15, 0.2) is 53.5 Å². The molecule has 0 radical (unpaired) electrons. The molecule has 2 amide bonds. The van der Waals surface area contributed by atoms with E-state index < -0.39 is 6.03 Å². The van der Waals surface area contributed by atoms with Gasteiger partial charge in [0.1, 0.15) is 5.69 Å². The zero-order chi connectivity index (χ0) is 18.1. The van der Waals surface area contributed by atoms with Crippen LogP contribution >= 0.6 is 0 Å². The van der Waals surface area contributed by atoms with Crippen molar-refractivity contribution >= 4 is 11.7 Å². The van der Waals surface area contributed by atoms with E-state index in [1.165, 1.54) is 0 Å². The second-order valence-electron chi connectivity index (χ2n) is 5.74. The standard InChI is InChI=1S/C19H22N4O2/c1-22(2)13-7-6-12-20-19(25)21-17-11-8-14-23(18(17)24)15-16-9-4-3-5-10-16/h3-5,8-11,14H,12-13,15H2,1-2H3,(H2,20,21,25). The summed E-state index contributed by atoms with van der Waals surface area (Å²) < 4.78 is 1.56. The van der Waals surface area contributed by atoms with Gasteiger partial charge >= 0.3 is 6.03 Å². The maximum absolute atomic E-state index is 12.4. The summed E-state index contributed by atoms with van der Waals surface area (Å²) in [5, 5.41) is 5.19. The Labute approximate surface area is 147 Å². The van der Waals surface area contributed by atoms with Crippen molar-refractivity contribution in [2.45, 2.75) is 6.54 Å². The molecular weight excluding hydrogens is 316 g/mol. The summed E-state index contributed by atoms with van der Waals surface area (Å²) in [6.45, 7) is 1.31. The largest absolute Gasteiger partial charge is 0.327 e. The monoisotopic (exact) mass is 338 g/mol. The Morgan fingerprint density at radius 3 is 2.60 bits per heavy atom. The van der Waals surface area contributed by atoms with Crippen molar-refractivity contribution in [3.05, 3.63) is 64.6 Å². The molecule has 6 heteroatoms. The summed E-state index contributed by atoms with van der Waals surface area (Å²) in [6, 6.07) is 12.5. The first-order chi connectivity index (χ1) is 12.1. The average Bonchev–Trinajstić information content (AvgIpc) is 2.59. The van der Waals surface area contributed by atoms with E-state index in [4.69, 9.17) is 0 Å². The van der Waals surface area contributed by atoms with Crippen LogP contribution in [-0.4, -0.2) is 42.7 Å². The van der Waals surface area contributed by atoms with Crippen molar-refractivity contribution < 1.29 is 4.79 Å². The molecule has 130 valence electrons. The van der Waals surface area contributed by atoms with Crippen LogP contribution in [0.25, 0.3) is 0 Å². The fourth-order valence-electron chi connectivity index (χ4n) is 2.10. The van der Waals surface area contributed by atoms with E-state index in [-0.39, 0.29) is 17.8 Å². The third kappa shape index (κ3) is 6.16. The Bertz CT molecular complexity index is 817. The second kappa shape index (κ2) is 9.30. The van der Waals surface area contributed by atoms with Crippen LogP contribution in [0.5, 0.6) is 0 Å². The van der Waals surface area contributed by atoms with Gasteiger partial charge in [-0.2, -0.15) is 0 Å². The molecule has 2 aromatic rings. The van der Waals surface area contributed by atoms with Crippen molar-refractivity contribution in [1.29, 1.82) is 0 Å². The Kier molecular flexibility index (Phi) is 6.81. The van der Waals surface area contributed by atoms with Crippen molar-refractivity contribution in [2.24, 2.45) is 0 Å². The van der Waals surface area contributed by atoms with Gasteiger partial charge in [-0.1, -0.05) is 42.2 Å². The van der Waals surface area contributed by atoms with Gasteiger partial charge in [0.25, 0.3) is 5.56 Å². The van der Waals surface area contributed by atoms with Crippen molar-refractivity contribution in [2.75, 3.05) is 32.5 Å². The number of carbonyl (C=O) groups excluding carboxylic acids is 1. The summed E-state index contributed by atoms with van der Waals surface area (Å²) in [7, 11) is 3.84. The molecular formula is C19H22N4O2. The topological polar surface area (TPSA) is 66.4 Å². The Morgan fingerprint density at radius 2 is 1.88 bits per heavy atom. The number of pyridine rings is 1. The second-order valence-corrected chi connectivity index (χ2v) is 5.74. The molecule has 1 heterocycles. The van der Waals surface area contributed by atoms with E-state index in [1.54, 1.807) is 22.9 Å². The van der Waals surface area contributed by atoms with E-state index in [2.05, 4.69) is 22.5 Å². The summed E-state index contributed by atoms with van der Waals surface area (Å²) in [4.78, 5) is 26.3. The van der Waals surface area contributed by atoms with Crippen molar-refractivity contribution in [3.8, 4) is 11.8 Å². The highest BCUT2D eigenvalue weighted by atomic mass is 16.2. The highest BCUT2D eigenvalue weighted by molar-refractivity contribution is 5.89. The zero-order valence-electron chi connectivity index (χ0n) is 14.5. The molecule has 0 atom stereocenters. The minimum atomic E-state index is -0.450. The van der Waals surface area contributed by atoms with E-state index in [9.17, 15) is 9.59 Å². The van der Waals surface area contributed by atoms with Gasteiger partial charge in [0, 0.05) is 6.20 Å². The first-order valence-corrected chi connectivity index (χ1v) is 7.95. The van der Waals surface area contributed by atoms with Gasteiger partial charge in [0.15, 0.2) is 0 Å². The summed E-state index contributed by atoms with van der Waals surface area (Å²) in [5.41, 5.74) is 1.000. The molecule has 0 spiro atoms. The van der Waals surface area contributed by atoms with Gasteiger partial charge in [-0.3, -0.25) is 9.69 Å². The predicted molar refractivity (Wildman–Crippen MR) is 99.6 cm³/mol. The smallest absolute Gasteiger partial charge is 0.320 e. The third-order valence-electron chi connectivity index (χ3n) is 3.32. The molecule has 2 N–H and O–H groups in total. The number of hydrogen-bond acceptors (Lipinski definition) is 3. The number of rotatable bonds is 5. The molecule has 6 nitrogen and oxygen atoms in total. The fourth-order valence-corrected chi connectivity index (χ4v) is 2.10. The molecule has 0 bridgehead atoms. The third-order valence-corrected chi connectivity index (χ3v) is 3.32. The van der Waals surface area contributed by atoms with E-state index in [0.717, 1.165) is 5.56 Å². The molecule has 0 saturated carbocycles. The lowest BCUT2D eigenvalue weighted by Crippen LogP contribution is -2.33. The number of urea groups is 1. The number of hydrogen-bond donors (Lipinski definition) is 2. The van der Waals surface area contributed by atoms with Crippen LogP contribution in [0.2, 0.25) is 0 Å². The molecule has 2 rings (SSSR count). The van der Waals surface area contributed by atoms with Crippen LogP contribution in [0, 0.1) is 11.8 Å². The highest BCUT2D eigenvalue weighted by Crippen LogP contribution is 2.03. The minimum absolute atomic E-state index is 0.227. The van der Waals surface area contributed by atoms with E-state index >= 15 is 0 Å². The molecule has 0 aliphatic rings. The summed E-state index contributed by atoms with van der Waals surface area (Å²) in [5.74, 6) is 5.76. The van der Waals surface area contributed by atoms with E-state index in [1.807, 2.05) is 49.3 Å². The number of nitrogens with zero attached hydrogens (tertiary/aromatic N) is 2. The lowest BCUT2D eigenvalue weighted by atomic mass is 10.2. The van der Waals surface area contributed by atoms with Crippen LogP contribution in [0.4, 0.5) is 10.5 Å². The number of nitrogens with one attached hydrogen (secondary N) is 2. The Balaban J connectivity index is 1.95. The Morgan fingerprint density at radius 1 is 1.12 bits per heavy atom. The van der Waals surface area contributed by atoms with Crippen molar-refractivity contribution in [1.82, 2.24) is 14.8 Å². The van der Waals surface area contributed by atoms with Crippen LogP contribution in [0.3, 0.4) is 0 Å². The van der Waals surface area contributed by atoms with Gasteiger partial charge in [-0.25, -0.2) is 4.79 Å². The molecule has 25 heavy (non-hydrogen) atoms. The van der Waals surface area contributed by atoms with Crippen molar-refractivity contribution in [3.63, 3.8) is 0 Å². The van der Waals surface area contributed by atoms with Gasteiger partial charge in [0.05, 0.1) is 19.6 Å². The number of benzene rings is 1. The maximum atomic E-state index is 12.4. The molecule has 0 aliphatic carbocycles. The number of amides is 2. The summed E-state index contributed by atoms with van der Waals surface area (Å²) >= 11 is 0. The van der Waals surface area contributed by atoms with E-state index in [0.29, 0.717) is 13.1 Å². The van der Waals surface area contributed by atoms with Gasteiger partial charge in [0.2, 0.25) is 0 Å². The normalized spacial score (nSPS) is 10.0.